The number of benzene rings is 4. The fourth-order valence-corrected chi connectivity index (χ4v) is 3.76. The molecule has 4 aromatic rings. The van der Waals surface area contributed by atoms with Gasteiger partial charge in [-0.1, -0.05) is 60.7 Å². The molecule has 0 radical (unpaired) electrons. The summed E-state index contributed by atoms with van der Waals surface area (Å²) in [5.41, 5.74) is 3.94. The molecule has 0 spiro atoms. The molecule has 0 bridgehead atoms. The van der Waals surface area contributed by atoms with E-state index in [-0.39, 0.29) is 5.91 Å². The van der Waals surface area contributed by atoms with Crippen LogP contribution in [0.5, 0.6) is 11.5 Å². The van der Waals surface area contributed by atoms with E-state index in [1.807, 2.05) is 48.5 Å². The van der Waals surface area contributed by atoms with Crippen molar-refractivity contribution in [1.82, 2.24) is 0 Å². The number of nitrogens with one attached hydrogen (secondary N) is 1. The number of hydrogen-bond donors (Lipinski definition) is 1. The second kappa shape index (κ2) is 13.0. The summed E-state index contributed by atoms with van der Waals surface area (Å²) in [6, 6.07) is 35.5. The summed E-state index contributed by atoms with van der Waals surface area (Å²) in [5, 5.41) is 2.93. The molecule has 4 heteroatoms. The van der Waals surface area contributed by atoms with Crippen LogP contribution in [0.4, 0.5) is 5.69 Å². The van der Waals surface area contributed by atoms with Crippen molar-refractivity contribution in [2.75, 3.05) is 18.5 Å². The fraction of sp³-hybridized carbons (Fsp3) is 0.194. The quantitative estimate of drug-likeness (QED) is 0.230. The number of anilines is 1. The lowest BCUT2D eigenvalue weighted by atomic mass is 10.1. The molecule has 0 aliphatic carbocycles. The molecule has 4 nitrogen and oxygen atoms in total. The summed E-state index contributed by atoms with van der Waals surface area (Å²) >= 11 is 0. The van der Waals surface area contributed by atoms with Crippen LogP contribution in [0.2, 0.25) is 0 Å². The Labute approximate surface area is 207 Å². The van der Waals surface area contributed by atoms with Crippen molar-refractivity contribution in [3.05, 3.63) is 126 Å². The number of ether oxygens (including phenoxy) is 2. The largest absolute Gasteiger partial charge is 0.494 e. The number of aryl methyl sites for hydroxylation is 2. The van der Waals surface area contributed by atoms with Crippen LogP contribution in [0.1, 0.15) is 34.3 Å². The lowest BCUT2D eigenvalue weighted by molar-refractivity contribution is 0.102. The zero-order chi connectivity index (χ0) is 24.1. The van der Waals surface area contributed by atoms with E-state index >= 15 is 0 Å². The van der Waals surface area contributed by atoms with Gasteiger partial charge in [0.05, 0.1) is 13.2 Å². The highest BCUT2D eigenvalue weighted by Crippen LogP contribution is 2.18. The Bertz CT molecular complexity index is 1160. The lowest BCUT2D eigenvalue weighted by Gasteiger charge is -2.10. The van der Waals surface area contributed by atoms with Crippen LogP contribution in [0.3, 0.4) is 0 Å². The van der Waals surface area contributed by atoms with E-state index in [9.17, 15) is 4.79 Å². The Hall–Kier alpha value is -4.05. The van der Waals surface area contributed by atoms with Gasteiger partial charge < -0.3 is 14.8 Å². The van der Waals surface area contributed by atoms with Crippen molar-refractivity contribution in [3.8, 4) is 11.5 Å². The van der Waals surface area contributed by atoms with E-state index in [0.717, 1.165) is 42.9 Å². The van der Waals surface area contributed by atoms with Crippen molar-refractivity contribution < 1.29 is 14.3 Å². The van der Waals surface area contributed by atoms with E-state index in [4.69, 9.17) is 9.47 Å². The first-order valence-corrected chi connectivity index (χ1v) is 12.1. The third kappa shape index (κ3) is 8.04. The molecule has 0 saturated heterocycles. The second-order valence-electron chi connectivity index (χ2n) is 8.38. The predicted octanol–water partition coefficient (Wildman–Crippen LogP) is 6.96. The van der Waals surface area contributed by atoms with Crippen molar-refractivity contribution in [2.45, 2.75) is 25.7 Å². The third-order valence-electron chi connectivity index (χ3n) is 5.67. The minimum atomic E-state index is -0.155. The Kier molecular flexibility index (Phi) is 8.94. The van der Waals surface area contributed by atoms with Crippen LogP contribution in [0.15, 0.2) is 109 Å². The molecular weight excluding hydrogens is 434 g/mol. The van der Waals surface area contributed by atoms with Gasteiger partial charge in [-0.15, -0.1) is 0 Å². The van der Waals surface area contributed by atoms with Crippen LogP contribution < -0.4 is 14.8 Å². The van der Waals surface area contributed by atoms with Gasteiger partial charge in [-0.05, 0) is 85.3 Å². The maximum absolute atomic E-state index is 12.6. The highest BCUT2D eigenvalue weighted by atomic mass is 16.5. The number of carbonyl (C=O) groups is 1. The summed E-state index contributed by atoms with van der Waals surface area (Å²) < 4.78 is 11.6. The number of rotatable bonds is 12. The standard InChI is InChI=1S/C31H31NO3/c33-31(27-15-19-29(20-16-27)34-23-7-13-25-9-3-1-4-10-25)32-28-17-21-30(22-18-28)35-24-8-14-26-11-5-2-6-12-26/h1-6,9-12,15-22H,7-8,13-14,23-24H2,(H,32,33). The monoisotopic (exact) mass is 465 g/mol. The molecule has 0 unspecified atom stereocenters. The normalized spacial score (nSPS) is 10.5. The average Bonchev–Trinajstić information content (AvgIpc) is 2.91. The van der Waals surface area contributed by atoms with Gasteiger partial charge in [0.1, 0.15) is 11.5 Å². The topological polar surface area (TPSA) is 47.6 Å². The van der Waals surface area contributed by atoms with Gasteiger partial charge in [0.2, 0.25) is 0 Å². The number of amides is 1. The van der Waals surface area contributed by atoms with Crippen molar-refractivity contribution in [1.29, 1.82) is 0 Å². The summed E-state index contributed by atoms with van der Waals surface area (Å²) in [4.78, 5) is 12.6. The van der Waals surface area contributed by atoms with Crippen molar-refractivity contribution >= 4 is 11.6 Å². The summed E-state index contributed by atoms with van der Waals surface area (Å²) in [5.74, 6) is 1.41. The smallest absolute Gasteiger partial charge is 0.255 e. The molecule has 0 aliphatic rings. The Balaban J connectivity index is 1.16. The van der Waals surface area contributed by atoms with Gasteiger partial charge in [-0.2, -0.15) is 0 Å². The molecular formula is C31H31NO3. The molecule has 4 aromatic carbocycles. The Morgan fingerprint density at radius 1 is 0.571 bits per heavy atom. The van der Waals surface area contributed by atoms with Crippen molar-refractivity contribution in [3.63, 3.8) is 0 Å². The lowest BCUT2D eigenvalue weighted by Crippen LogP contribution is -2.11. The second-order valence-corrected chi connectivity index (χ2v) is 8.38. The molecule has 35 heavy (non-hydrogen) atoms. The molecule has 0 saturated carbocycles. The summed E-state index contributed by atoms with van der Waals surface area (Å²) in [6.07, 6.45) is 3.87. The molecule has 0 heterocycles. The highest BCUT2D eigenvalue weighted by molar-refractivity contribution is 6.04. The molecule has 0 aromatic heterocycles. The third-order valence-corrected chi connectivity index (χ3v) is 5.67. The van der Waals surface area contributed by atoms with E-state index in [0.29, 0.717) is 18.8 Å². The maximum Gasteiger partial charge on any atom is 0.255 e. The zero-order valence-electron chi connectivity index (χ0n) is 19.9. The summed E-state index contributed by atoms with van der Waals surface area (Å²) in [6.45, 7) is 1.29. The molecule has 1 amide bonds. The van der Waals surface area contributed by atoms with Crippen molar-refractivity contribution in [2.24, 2.45) is 0 Å². The predicted molar refractivity (Wildman–Crippen MR) is 141 cm³/mol. The van der Waals surface area contributed by atoms with Gasteiger partial charge in [0.25, 0.3) is 5.91 Å². The van der Waals surface area contributed by atoms with Gasteiger partial charge in [0.15, 0.2) is 0 Å². The van der Waals surface area contributed by atoms with Crippen LogP contribution in [0.25, 0.3) is 0 Å². The molecule has 4 rings (SSSR count). The SMILES string of the molecule is O=C(Nc1ccc(OCCCc2ccccc2)cc1)c1ccc(OCCCc2ccccc2)cc1. The average molecular weight is 466 g/mol. The first-order valence-electron chi connectivity index (χ1n) is 12.1. The number of carbonyl (C=O) groups excluding carboxylic acids is 1. The Morgan fingerprint density at radius 2 is 1.03 bits per heavy atom. The fourth-order valence-electron chi connectivity index (χ4n) is 3.76. The van der Waals surface area contributed by atoms with Gasteiger partial charge in [0, 0.05) is 11.3 Å². The van der Waals surface area contributed by atoms with Crippen LogP contribution in [-0.4, -0.2) is 19.1 Å². The van der Waals surface area contributed by atoms with E-state index in [2.05, 4.69) is 53.8 Å². The van der Waals surface area contributed by atoms with Crippen LogP contribution >= 0.6 is 0 Å². The van der Waals surface area contributed by atoms with E-state index < -0.39 is 0 Å². The minimum absolute atomic E-state index is 0.155. The first-order chi connectivity index (χ1) is 17.3. The molecule has 178 valence electrons. The number of hydrogen-bond acceptors (Lipinski definition) is 3. The maximum atomic E-state index is 12.6. The van der Waals surface area contributed by atoms with Crippen LogP contribution in [-0.2, 0) is 12.8 Å². The molecule has 0 fully saturated rings. The summed E-state index contributed by atoms with van der Waals surface area (Å²) in [7, 11) is 0. The Morgan fingerprint density at radius 3 is 1.51 bits per heavy atom. The minimum Gasteiger partial charge on any atom is -0.494 e. The zero-order valence-corrected chi connectivity index (χ0v) is 19.9. The highest BCUT2D eigenvalue weighted by Gasteiger charge is 2.07. The van der Waals surface area contributed by atoms with E-state index in [1.165, 1.54) is 11.1 Å². The van der Waals surface area contributed by atoms with Crippen LogP contribution in [0, 0.1) is 0 Å². The first kappa shape index (κ1) is 24.1. The van der Waals surface area contributed by atoms with Gasteiger partial charge in [-0.25, -0.2) is 0 Å². The van der Waals surface area contributed by atoms with Gasteiger partial charge in [-0.3, -0.25) is 4.79 Å². The van der Waals surface area contributed by atoms with Gasteiger partial charge >= 0.3 is 0 Å². The molecule has 0 aliphatic heterocycles. The molecule has 1 N–H and O–H groups in total. The van der Waals surface area contributed by atoms with E-state index in [1.54, 1.807) is 12.1 Å². The molecule has 0 atom stereocenters.